The van der Waals surface area contributed by atoms with E-state index in [1.54, 1.807) is 7.11 Å². The molecule has 1 aliphatic rings. The van der Waals surface area contributed by atoms with Crippen molar-refractivity contribution in [2.24, 2.45) is 4.99 Å². The number of nitrogens with one attached hydrogen (secondary N) is 2. The lowest BCUT2D eigenvalue weighted by atomic mass is 10.0. The van der Waals surface area contributed by atoms with Crippen molar-refractivity contribution in [1.29, 1.82) is 0 Å². The smallest absolute Gasteiger partial charge is 0.191 e. The molecule has 0 spiro atoms. The zero-order chi connectivity index (χ0) is 21.0. The molecule has 1 heterocycles. The Bertz CT molecular complexity index is 759. The molecule has 30 heavy (non-hydrogen) atoms. The van der Waals surface area contributed by atoms with Gasteiger partial charge >= 0.3 is 0 Å². The lowest BCUT2D eigenvalue weighted by Crippen LogP contribution is -2.42. The Morgan fingerprint density at radius 3 is 2.47 bits per heavy atom. The third kappa shape index (κ3) is 6.75. The molecule has 0 aromatic heterocycles. The summed E-state index contributed by atoms with van der Waals surface area (Å²) in [5.74, 6) is 1.74. The summed E-state index contributed by atoms with van der Waals surface area (Å²) in [4.78, 5) is 7.38. The SMILES string of the molecule is CCNC(=NCC(c1ccc(OC)cc1)N1CCOCC1)NCCc1ccccc1. The van der Waals surface area contributed by atoms with E-state index in [9.17, 15) is 0 Å². The average Bonchev–Trinajstić information content (AvgIpc) is 2.81. The van der Waals surface area contributed by atoms with Crippen LogP contribution in [-0.4, -0.2) is 63.9 Å². The monoisotopic (exact) mass is 410 g/mol. The van der Waals surface area contributed by atoms with Crippen LogP contribution in [0.1, 0.15) is 24.1 Å². The van der Waals surface area contributed by atoms with Crippen LogP contribution in [0.5, 0.6) is 5.75 Å². The van der Waals surface area contributed by atoms with Crippen LogP contribution in [-0.2, 0) is 11.2 Å². The van der Waals surface area contributed by atoms with Crippen LogP contribution >= 0.6 is 0 Å². The van der Waals surface area contributed by atoms with Crippen molar-refractivity contribution in [2.75, 3.05) is 53.0 Å². The van der Waals surface area contributed by atoms with Crippen molar-refractivity contribution in [1.82, 2.24) is 15.5 Å². The van der Waals surface area contributed by atoms with E-state index in [2.05, 4.69) is 58.9 Å². The highest BCUT2D eigenvalue weighted by Crippen LogP contribution is 2.24. The number of guanidine groups is 1. The van der Waals surface area contributed by atoms with Crippen LogP contribution in [0.15, 0.2) is 59.6 Å². The molecule has 0 radical (unpaired) electrons. The van der Waals surface area contributed by atoms with E-state index < -0.39 is 0 Å². The van der Waals surface area contributed by atoms with Crippen LogP contribution in [0, 0.1) is 0 Å². The molecule has 0 saturated carbocycles. The first kappa shape index (κ1) is 22.1. The Labute approximate surface area is 180 Å². The van der Waals surface area contributed by atoms with E-state index in [-0.39, 0.29) is 6.04 Å². The Hall–Kier alpha value is -2.57. The maximum Gasteiger partial charge on any atom is 0.191 e. The molecule has 6 heteroatoms. The van der Waals surface area contributed by atoms with E-state index in [4.69, 9.17) is 14.5 Å². The molecule has 1 atom stereocenters. The van der Waals surface area contributed by atoms with Crippen molar-refractivity contribution < 1.29 is 9.47 Å². The van der Waals surface area contributed by atoms with Gasteiger partial charge in [0, 0.05) is 26.2 Å². The fourth-order valence-corrected chi connectivity index (χ4v) is 3.64. The molecule has 2 aromatic rings. The van der Waals surface area contributed by atoms with Gasteiger partial charge in [-0.2, -0.15) is 0 Å². The van der Waals surface area contributed by atoms with E-state index in [1.165, 1.54) is 11.1 Å². The molecule has 0 amide bonds. The second-order valence-electron chi connectivity index (χ2n) is 7.32. The second kappa shape index (κ2) is 12.2. The largest absolute Gasteiger partial charge is 0.497 e. The van der Waals surface area contributed by atoms with Gasteiger partial charge in [-0.15, -0.1) is 0 Å². The number of nitrogens with zero attached hydrogens (tertiary/aromatic N) is 2. The molecule has 6 nitrogen and oxygen atoms in total. The van der Waals surface area contributed by atoms with E-state index in [0.29, 0.717) is 6.54 Å². The van der Waals surface area contributed by atoms with Gasteiger partial charge in [-0.1, -0.05) is 42.5 Å². The summed E-state index contributed by atoms with van der Waals surface area (Å²) in [5.41, 5.74) is 2.58. The Morgan fingerprint density at radius 1 is 1.07 bits per heavy atom. The van der Waals surface area contributed by atoms with Gasteiger partial charge in [0.25, 0.3) is 0 Å². The van der Waals surface area contributed by atoms with Crippen LogP contribution in [0.4, 0.5) is 0 Å². The molecule has 2 aromatic carbocycles. The Kier molecular flexibility index (Phi) is 9.00. The summed E-state index contributed by atoms with van der Waals surface area (Å²) in [6, 6.07) is 19.1. The van der Waals surface area contributed by atoms with Gasteiger partial charge in [-0.3, -0.25) is 9.89 Å². The minimum atomic E-state index is 0.212. The first-order valence-corrected chi connectivity index (χ1v) is 10.8. The van der Waals surface area contributed by atoms with Crippen molar-refractivity contribution in [3.8, 4) is 5.75 Å². The van der Waals surface area contributed by atoms with Crippen LogP contribution in [0.2, 0.25) is 0 Å². The lowest BCUT2D eigenvalue weighted by molar-refractivity contribution is 0.0179. The maximum atomic E-state index is 5.56. The van der Waals surface area contributed by atoms with Gasteiger partial charge in [0.2, 0.25) is 0 Å². The first-order valence-electron chi connectivity index (χ1n) is 10.8. The summed E-state index contributed by atoms with van der Waals surface area (Å²) in [7, 11) is 1.70. The van der Waals surface area contributed by atoms with E-state index >= 15 is 0 Å². The number of ether oxygens (including phenoxy) is 2. The standard InChI is InChI=1S/C24H34N4O2/c1-3-25-24(26-14-13-20-7-5-4-6-8-20)27-19-23(28-15-17-30-18-16-28)21-9-11-22(29-2)12-10-21/h4-12,23H,3,13-19H2,1-2H3,(H2,25,26,27). The summed E-state index contributed by atoms with van der Waals surface area (Å²) in [5, 5.41) is 6.85. The molecule has 162 valence electrons. The van der Waals surface area contributed by atoms with Gasteiger partial charge in [-0.25, -0.2) is 0 Å². The summed E-state index contributed by atoms with van der Waals surface area (Å²) >= 11 is 0. The number of morpholine rings is 1. The van der Waals surface area contributed by atoms with Gasteiger partial charge in [0.1, 0.15) is 5.75 Å². The highest BCUT2D eigenvalue weighted by Gasteiger charge is 2.22. The normalized spacial score (nSPS) is 16.1. The van der Waals surface area contributed by atoms with Gasteiger partial charge in [0.05, 0.1) is 32.9 Å². The maximum absolute atomic E-state index is 5.56. The van der Waals surface area contributed by atoms with Crippen LogP contribution < -0.4 is 15.4 Å². The third-order valence-electron chi connectivity index (χ3n) is 5.30. The molecule has 1 aliphatic heterocycles. The predicted molar refractivity (Wildman–Crippen MR) is 122 cm³/mol. The summed E-state index contributed by atoms with van der Waals surface area (Å²) in [6.07, 6.45) is 0.969. The molecule has 1 unspecified atom stereocenters. The van der Waals surface area contributed by atoms with Gasteiger partial charge in [-0.05, 0) is 36.6 Å². The topological polar surface area (TPSA) is 58.1 Å². The van der Waals surface area contributed by atoms with Gasteiger partial charge < -0.3 is 20.1 Å². The molecule has 0 aliphatic carbocycles. The predicted octanol–water partition coefficient (Wildman–Crippen LogP) is 2.87. The number of hydrogen-bond donors (Lipinski definition) is 2. The fourth-order valence-electron chi connectivity index (χ4n) is 3.64. The zero-order valence-corrected chi connectivity index (χ0v) is 18.1. The van der Waals surface area contributed by atoms with Crippen molar-refractivity contribution in [3.63, 3.8) is 0 Å². The first-order chi connectivity index (χ1) is 14.8. The molecule has 1 fully saturated rings. The molecule has 1 saturated heterocycles. The highest BCUT2D eigenvalue weighted by atomic mass is 16.5. The lowest BCUT2D eigenvalue weighted by Gasteiger charge is -2.34. The van der Waals surface area contributed by atoms with Crippen LogP contribution in [0.3, 0.4) is 0 Å². The third-order valence-corrected chi connectivity index (χ3v) is 5.30. The number of benzene rings is 2. The zero-order valence-electron chi connectivity index (χ0n) is 18.1. The van der Waals surface area contributed by atoms with Crippen molar-refractivity contribution in [2.45, 2.75) is 19.4 Å². The molecule has 2 N–H and O–H groups in total. The Balaban J connectivity index is 1.66. The minimum Gasteiger partial charge on any atom is -0.497 e. The fraction of sp³-hybridized carbons (Fsp3) is 0.458. The van der Waals surface area contributed by atoms with Crippen molar-refractivity contribution >= 4 is 5.96 Å². The summed E-state index contributed by atoms with van der Waals surface area (Å²) < 4.78 is 10.9. The van der Waals surface area contributed by atoms with E-state index in [1.807, 2.05) is 18.2 Å². The van der Waals surface area contributed by atoms with E-state index in [0.717, 1.165) is 57.5 Å². The second-order valence-corrected chi connectivity index (χ2v) is 7.32. The molecule has 0 bridgehead atoms. The number of methoxy groups -OCH3 is 1. The number of aliphatic imine (C=N–C) groups is 1. The average molecular weight is 411 g/mol. The number of hydrogen-bond acceptors (Lipinski definition) is 4. The minimum absolute atomic E-state index is 0.212. The molecular formula is C24H34N4O2. The summed E-state index contributed by atoms with van der Waals surface area (Å²) in [6.45, 7) is 7.85. The van der Waals surface area contributed by atoms with Crippen molar-refractivity contribution in [3.05, 3.63) is 65.7 Å². The quantitative estimate of drug-likeness (QED) is 0.492. The Morgan fingerprint density at radius 2 is 1.80 bits per heavy atom. The highest BCUT2D eigenvalue weighted by molar-refractivity contribution is 5.79. The number of rotatable bonds is 9. The molecular weight excluding hydrogens is 376 g/mol. The van der Waals surface area contributed by atoms with Crippen LogP contribution in [0.25, 0.3) is 0 Å². The van der Waals surface area contributed by atoms with Gasteiger partial charge in [0.15, 0.2) is 5.96 Å². The molecule has 3 rings (SSSR count).